The molecule has 0 fully saturated rings. The van der Waals surface area contributed by atoms with Crippen molar-refractivity contribution in [2.24, 2.45) is 0 Å². The summed E-state index contributed by atoms with van der Waals surface area (Å²) in [4.78, 5) is 20.8. The molecule has 3 heterocycles. The molecule has 0 aliphatic carbocycles. The van der Waals surface area contributed by atoms with E-state index in [1.807, 2.05) is 19.1 Å². The molecule has 3 aromatic heterocycles. The molecule has 0 bridgehead atoms. The first-order valence-electron chi connectivity index (χ1n) is 8.05. The van der Waals surface area contributed by atoms with Gasteiger partial charge in [0.1, 0.15) is 12.7 Å². The van der Waals surface area contributed by atoms with Crippen LogP contribution in [0.15, 0.2) is 61.4 Å². The number of hydrogen-bond acceptors (Lipinski definition) is 5. The highest BCUT2D eigenvalue weighted by molar-refractivity contribution is 6.30. The molecule has 0 radical (unpaired) electrons. The summed E-state index contributed by atoms with van der Waals surface area (Å²) in [5, 5.41) is 11.7. The number of nitrogens with zero attached hydrogens (tertiary/aromatic N) is 6. The van der Waals surface area contributed by atoms with E-state index < -0.39 is 0 Å². The minimum Gasteiger partial charge on any atom is -0.320 e. The summed E-state index contributed by atoms with van der Waals surface area (Å²) in [7, 11) is 0. The Labute approximate surface area is 159 Å². The van der Waals surface area contributed by atoms with Crippen LogP contribution in [0, 0.1) is 6.92 Å². The van der Waals surface area contributed by atoms with Crippen molar-refractivity contribution in [3.05, 3.63) is 77.7 Å². The molecule has 27 heavy (non-hydrogen) atoms. The normalized spacial score (nSPS) is 10.7. The molecule has 0 unspecified atom stereocenters. The van der Waals surface area contributed by atoms with Gasteiger partial charge in [0.25, 0.3) is 5.91 Å². The SMILES string of the molecule is Cc1c(C(=O)Nc2ccc(-n3cncn3)nc2)cnn1-c1cccc(Cl)c1. The van der Waals surface area contributed by atoms with Crippen LogP contribution in [0.3, 0.4) is 0 Å². The predicted octanol–water partition coefficient (Wildman–Crippen LogP) is 3.06. The number of rotatable bonds is 4. The van der Waals surface area contributed by atoms with Crippen molar-refractivity contribution >= 4 is 23.2 Å². The van der Waals surface area contributed by atoms with Crippen molar-refractivity contribution < 1.29 is 4.79 Å². The first-order valence-corrected chi connectivity index (χ1v) is 8.42. The van der Waals surface area contributed by atoms with Gasteiger partial charge in [-0.3, -0.25) is 4.79 Å². The maximum absolute atomic E-state index is 12.6. The Balaban J connectivity index is 1.54. The highest BCUT2D eigenvalue weighted by Gasteiger charge is 2.15. The maximum Gasteiger partial charge on any atom is 0.259 e. The number of anilines is 1. The third kappa shape index (κ3) is 3.42. The first-order chi connectivity index (χ1) is 13.1. The van der Waals surface area contributed by atoms with Crippen LogP contribution in [-0.2, 0) is 0 Å². The largest absolute Gasteiger partial charge is 0.320 e. The zero-order chi connectivity index (χ0) is 18.8. The van der Waals surface area contributed by atoms with E-state index in [1.165, 1.54) is 17.2 Å². The van der Waals surface area contributed by atoms with Crippen LogP contribution < -0.4 is 5.32 Å². The topological polar surface area (TPSA) is 90.5 Å². The van der Waals surface area contributed by atoms with E-state index >= 15 is 0 Å². The molecule has 4 rings (SSSR count). The standard InChI is InChI=1S/C18H14ClN7O/c1-12-16(9-22-26(12)15-4-2-3-13(19)7-15)18(27)24-14-5-6-17(21-8-14)25-11-20-10-23-25/h2-11H,1H3,(H,24,27). The molecule has 0 saturated heterocycles. The van der Waals surface area contributed by atoms with Crippen LogP contribution in [0.25, 0.3) is 11.5 Å². The summed E-state index contributed by atoms with van der Waals surface area (Å²) in [6, 6.07) is 10.8. The zero-order valence-electron chi connectivity index (χ0n) is 14.2. The Bertz CT molecular complexity index is 1090. The fraction of sp³-hybridized carbons (Fsp3) is 0.0556. The number of carbonyl (C=O) groups excluding carboxylic acids is 1. The molecule has 0 spiro atoms. The van der Waals surface area contributed by atoms with Gasteiger partial charge in [0.2, 0.25) is 0 Å². The van der Waals surface area contributed by atoms with Gasteiger partial charge >= 0.3 is 0 Å². The average molecular weight is 380 g/mol. The first kappa shape index (κ1) is 16.9. The van der Waals surface area contributed by atoms with Gasteiger partial charge in [0, 0.05) is 5.02 Å². The summed E-state index contributed by atoms with van der Waals surface area (Å²) in [5.74, 6) is 0.339. The highest BCUT2D eigenvalue weighted by Crippen LogP contribution is 2.19. The summed E-state index contributed by atoms with van der Waals surface area (Å²) in [5.41, 5.74) is 2.54. The van der Waals surface area contributed by atoms with Crippen molar-refractivity contribution in [1.82, 2.24) is 29.5 Å². The van der Waals surface area contributed by atoms with E-state index in [4.69, 9.17) is 11.6 Å². The summed E-state index contributed by atoms with van der Waals surface area (Å²) < 4.78 is 3.21. The number of benzene rings is 1. The van der Waals surface area contributed by atoms with Crippen LogP contribution in [0.5, 0.6) is 0 Å². The molecule has 134 valence electrons. The lowest BCUT2D eigenvalue weighted by Crippen LogP contribution is -2.13. The molecule has 1 N–H and O–H groups in total. The third-order valence-corrected chi connectivity index (χ3v) is 4.20. The minimum absolute atomic E-state index is 0.268. The average Bonchev–Trinajstić information content (AvgIpc) is 3.32. The summed E-state index contributed by atoms with van der Waals surface area (Å²) in [6.45, 7) is 1.83. The van der Waals surface area contributed by atoms with Crippen LogP contribution in [0.2, 0.25) is 5.02 Å². The van der Waals surface area contributed by atoms with Gasteiger partial charge in [-0.1, -0.05) is 17.7 Å². The van der Waals surface area contributed by atoms with Crippen LogP contribution in [0.1, 0.15) is 16.1 Å². The quantitative estimate of drug-likeness (QED) is 0.588. The van der Waals surface area contributed by atoms with Crippen molar-refractivity contribution in [2.45, 2.75) is 6.92 Å². The molecule has 0 saturated carbocycles. The maximum atomic E-state index is 12.6. The summed E-state index contributed by atoms with van der Waals surface area (Å²) >= 11 is 6.04. The minimum atomic E-state index is -0.268. The van der Waals surface area contributed by atoms with E-state index in [2.05, 4.69) is 25.5 Å². The van der Waals surface area contributed by atoms with E-state index in [1.54, 1.807) is 41.5 Å². The molecular formula is C18H14ClN7O. The van der Waals surface area contributed by atoms with Gasteiger partial charge in [-0.25, -0.2) is 19.3 Å². The number of pyridine rings is 1. The molecule has 0 aliphatic rings. The summed E-state index contributed by atoms with van der Waals surface area (Å²) in [6.07, 6.45) is 6.07. The second-order valence-electron chi connectivity index (χ2n) is 5.73. The predicted molar refractivity (Wildman–Crippen MR) is 100 cm³/mol. The fourth-order valence-corrected chi connectivity index (χ4v) is 2.81. The molecule has 9 heteroatoms. The van der Waals surface area contributed by atoms with Gasteiger partial charge in [0.15, 0.2) is 5.82 Å². The smallest absolute Gasteiger partial charge is 0.259 e. The van der Waals surface area contributed by atoms with E-state index in [-0.39, 0.29) is 5.91 Å². The van der Waals surface area contributed by atoms with Crippen molar-refractivity contribution in [2.75, 3.05) is 5.32 Å². The highest BCUT2D eigenvalue weighted by atomic mass is 35.5. The van der Waals surface area contributed by atoms with Crippen LogP contribution in [-0.4, -0.2) is 35.4 Å². The van der Waals surface area contributed by atoms with E-state index in [0.29, 0.717) is 27.8 Å². The van der Waals surface area contributed by atoms with Crippen LogP contribution >= 0.6 is 11.6 Å². The van der Waals surface area contributed by atoms with Gasteiger partial charge in [0.05, 0.1) is 35.0 Å². The number of hydrogen-bond donors (Lipinski definition) is 1. The van der Waals surface area contributed by atoms with Crippen LogP contribution in [0.4, 0.5) is 5.69 Å². The Morgan fingerprint density at radius 2 is 2.04 bits per heavy atom. The van der Waals surface area contributed by atoms with Crippen molar-refractivity contribution in [3.63, 3.8) is 0 Å². The lowest BCUT2D eigenvalue weighted by atomic mass is 10.2. The molecule has 1 aromatic carbocycles. The molecule has 0 aliphatic heterocycles. The number of nitrogens with one attached hydrogen (secondary N) is 1. The Morgan fingerprint density at radius 1 is 1.15 bits per heavy atom. The zero-order valence-corrected chi connectivity index (χ0v) is 15.0. The number of aromatic nitrogens is 6. The molecule has 8 nitrogen and oxygen atoms in total. The van der Waals surface area contributed by atoms with Gasteiger partial charge in [-0.15, -0.1) is 0 Å². The Kier molecular flexibility index (Phi) is 4.39. The molecule has 0 atom stereocenters. The number of carbonyl (C=O) groups is 1. The van der Waals surface area contributed by atoms with Crippen molar-refractivity contribution in [1.29, 1.82) is 0 Å². The lowest BCUT2D eigenvalue weighted by molar-refractivity contribution is 0.102. The monoisotopic (exact) mass is 379 g/mol. The molecule has 1 amide bonds. The third-order valence-electron chi connectivity index (χ3n) is 3.97. The van der Waals surface area contributed by atoms with E-state index in [9.17, 15) is 4.79 Å². The van der Waals surface area contributed by atoms with Gasteiger partial charge < -0.3 is 5.32 Å². The van der Waals surface area contributed by atoms with Gasteiger partial charge in [-0.05, 0) is 37.3 Å². The van der Waals surface area contributed by atoms with Crippen molar-refractivity contribution in [3.8, 4) is 11.5 Å². The van der Waals surface area contributed by atoms with E-state index in [0.717, 1.165) is 5.69 Å². The number of amides is 1. The lowest BCUT2D eigenvalue weighted by Gasteiger charge is -2.07. The van der Waals surface area contributed by atoms with Gasteiger partial charge in [-0.2, -0.15) is 10.2 Å². The Hall–Kier alpha value is -3.52. The molecule has 4 aromatic rings. The number of halogens is 1. The fourth-order valence-electron chi connectivity index (χ4n) is 2.62. The second-order valence-corrected chi connectivity index (χ2v) is 6.17. The Morgan fingerprint density at radius 3 is 2.74 bits per heavy atom. The molecular weight excluding hydrogens is 366 g/mol. The second kappa shape index (κ2) is 7.00.